The number of carbonyl (C=O) groups excluding carboxylic acids is 1. The first-order valence-electron chi connectivity index (χ1n) is 5.11. The summed E-state index contributed by atoms with van der Waals surface area (Å²) in [6, 6.07) is 1.22. The van der Waals surface area contributed by atoms with Crippen LogP contribution >= 0.6 is 0 Å². The van der Waals surface area contributed by atoms with Crippen molar-refractivity contribution in [2.45, 2.75) is 6.42 Å². The number of rotatable bonds is 2. The molecule has 18 heavy (non-hydrogen) atoms. The molecule has 0 spiro atoms. The maximum atomic E-state index is 13.5. The zero-order chi connectivity index (χ0) is 13.4. The predicted octanol–water partition coefficient (Wildman–Crippen LogP) is 1.11. The lowest BCUT2D eigenvalue weighted by Gasteiger charge is -2.17. The van der Waals surface area contributed by atoms with E-state index in [0.29, 0.717) is 6.07 Å². The van der Waals surface area contributed by atoms with Crippen molar-refractivity contribution in [3.8, 4) is 5.75 Å². The van der Waals surface area contributed by atoms with Crippen molar-refractivity contribution in [1.82, 2.24) is 0 Å². The van der Waals surface area contributed by atoms with Crippen LogP contribution in [0.2, 0.25) is 0 Å². The number of carboxylic acid groups (broad SMARTS) is 1. The lowest BCUT2D eigenvalue weighted by Crippen LogP contribution is -2.26. The molecule has 0 aliphatic carbocycles. The van der Waals surface area contributed by atoms with Crippen LogP contribution in [0.25, 0.3) is 0 Å². The molecule has 96 valence electrons. The number of carboxylic acids is 1. The molecule has 1 fully saturated rings. The van der Waals surface area contributed by atoms with Crippen LogP contribution in [0.3, 0.4) is 0 Å². The van der Waals surface area contributed by atoms with Gasteiger partial charge in [0.25, 0.3) is 0 Å². The van der Waals surface area contributed by atoms with E-state index in [1.54, 1.807) is 0 Å². The smallest absolute Gasteiger partial charge is 0.308 e. The fourth-order valence-corrected chi connectivity index (χ4v) is 1.84. The van der Waals surface area contributed by atoms with Crippen LogP contribution in [-0.2, 0) is 9.59 Å². The Balaban J connectivity index is 2.35. The summed E-state index contributed by atoms with van der Waals surface area (Å²) in [5.74, 6) is -5.62. The second-order valence-electron chi connectivity index (χ2n) is 4.00. The first-order valence-corrected chi connectivity index (χ1v) is 5.11. The molecule has 1 aliphatic heterocycles. The van der Waals surface area contributed by atoms with Gasteiger partial charge in [-0.1, -0.05) is 0 Å². The highest BCUT2D eigenvalue weighted by molar-refractivity contribution is 5.99. The number of phenols is 1. The van der Waals surface area contributed by atoms with Crippen LogP contribution in [0.5, 0.6) is 5.75 Å². The normalized spacial score (nSPS) is 19.3. The van der Waals surface area contributed by atoms with Crippen molar-refractivity contribution in [2.24, 2.45) is 5.92 Å². The number of benzene rings is 1. The first kappa shape index (κ1) is 12.3. The Morgan fingerprint density at radius 2 is 2.00 bits per heavy atom. The van der Waals surface area contributed by atoms with E-state index in [-0.39, 0.29) is 18.7 Å². The maximum absolute atomic E-state index is 13.5. The van der Waals surface area contributed by atoms with Crippen LogP contribution in [-0.4, -0.2) is 28.6 Å². The lowest BCUT2D eigenvalue weighted by atomic mass is 10.1. The minimum atomic E-state index is -1.16. The van der Waals surface area contributed by atoms with Crippen molar-refractivity contribution >= 4 is 17.6 Å². The van der Waals surface area contributed by atoms with E-state index in [9.17, 15) is 18.4 Å². The summed E-state index contributed by atoms with van der Waals surface area (Å²) in [5, 5.41) is 17.9. The van der Waals surface area contributed by atoms with Crippen molar-refractivity contribution < 1.29 is 28.6 Å². The molecular formula is C11H9F2NO4. The number of halogens is 2. The standard InChI is InChI=1S/C11H9F2NO4/c12-6-2-7(13)9(15)3-8(6)14-4-5(11(17)18)1-10(14)16/h2-3,5,15H,1,4H2,(H,17,18). The molecule has 0 saturated carbocycles. The summed E-state index contributed by atoms with van der Waals surface area (Å²) in [7, 11) is 0. The van der Waals surface area contributed by atoms with Gasteiger partial charge in [-0.2, -0.15) is 0 Å². The molecule has 2 rings (SSSR count). The molecule has 1 aromatic rings. The average Bonchev–Trinajstić information content (AvgIpc) is 2.66. The molecule has 1 heterocycles. The van der Waals surface area contributed by atoms with Gasteiger partial charge in [-0.25, -0.2) is 8.78 Å². The van der Waals surface area contributed by atoms with Crippen molar-refractivity contribution in [3.63, 3.8) is 0 Å². The Labute approximate surface area is 100 Å². The molecule has 2 N–H and O–H groups in total. The van der Waals surface area contributed by atoms with Gasteiger partial charge in [0.1, 0.15) is 5.82 Å². The van der Waals surface area contributed by atoms with Gasteiger partial charge in [0, 0.05) is 25.1 Å². The maximum Gasteiger partial charge on any atom is 0.308 e. The Morgan fingerprint density at radius 1 is 1.33 bits per heavy atom. The summed E-state index contributed by atoms with van der Waals surface area (Å²) in [6.07, 6.45) is -0.243. The number of nitrogens with zero attached hydrogens (tertiary/aromatic N) is 1. The Hall–Kier alpha value is -2.18. The summed E-state index contributed by atoms with van der Waals surface area (Å²) in [4.78, 5) is 23.2. The third kappa shape index (κ3) is 1.99. The molecule has 5 nitrogen and oxygen atoms in total. The average molecular weight is 257 g/mol. The number of hydrogen-bond acceptors (Lipinski definition) is 3. The topological polar surface area (TPSA) is 77.8 Å². The summed E-state index contributed by atoms with van der Waals surface area (Å²) in [5.41, 5.74) is -0.317. The minimum Gasteiger partial charge on any atom is -0.505 e. The molecule has 0 aromatic heterocycles. The second kappa shape index (κ2) is 4.25. The number of aromatic hydroxyl groups is 1. The van der Waals surface area contributed by atoms with Gasteiger partial charge in [0.15, 0.2) is 11.6 Å². The number of amides is 1. The molecule has 1 aliphatic rings. The summed E-state index contributed by atoms with van der Waals surface area (Å²) in [6.45, 7) is -0.198. The van der Waals surface area contributed by atoms with E-state index in [1.165, 1.54) is 0 Å². The van der Waals surface area contributed by atoms with E-state index in [1.807, 2.05) is 0 Å². The molecule has 1 unspecified atom stereocenters. The van der Waals surface area contributed by atoms with Gasteiger partial charge < -0.3 is 15.1 Å². The largest absolute Gasteiger partial charge is 0.505 e. The van der Waals surface area contributed by atoms with Crippen molar-refractivity contribution in [3.05, 3.63) is 23.8 Å². The summed E-state index contributed by atoms with van der Waals surface area (Å²) >= 11 is 0. The van der Waals surface area contributed by atoms with E-state index < -0.39 is 35.2 Å². The molecule has 0 radical (unpaired) electrons. The zero-order valence-corrected chi connectivity index (χ0v) is 9.06. The van der Waals surface area contributed by atoms with Gasteiger partial charge in [0.05, 0.1) is 11.6 Å². The highest BCUT2D eigenvalue weighted by Gasteiger charge is 2.36. The van der Waals surface area contributed by atoms with E-state index in [2.05, 4.69) is 0 Å². The number of aliphatic carboxylic acids is 1. The molecule has 1 aromatic carbocycles. The molecule has 1 saturated heterocycles. The first-order chi connectivity index (χ1) is 8.40. The third-order valence-corrected chi connectivity index (χ3v) is 2.78. The van der Waals surface area contributed by atoms with E-state index in [0.717, 1.165) is 11.0 Å². The highest BCUT2D eigenvalue weighted by atomic mass is 19.1. The Bertz CT molecular complexity index is 532. The van der Waals surface area contributed by atoms with Crippen LogP contribution in [0.15, 0.2) is 12.1 Å². The molecule has 1 amide bonds. The van der Waals surface area contributed by atoms with E-state index in [4.69, 9.17) is 10.2 Å². The number of hydrogen-bond donors (Lipinski definition) is 2. The van der Waals surface area contributed by atoms with Crippen molar-refractivity contribution in [1.29, 1.82) is 0 Å². The Morgan fingerprint density at radius 3 is 2.56 bits per heavy atom. The van der Waals surface area contributed by atoms with Crippen LogP contribution < -0.4 is 4.90 Å². The third-order valence-electron chi connectivity index (χ3n) is 2.78. The number of anilines is 1. The highest BCUT2D eigenvalue weighted by Crippen LogP contribution is 2.31. The van der Waals surface area contributed by atoms with Gasteiger partial charge in [0.2, 0.25) is 5.91 Å². The van der Waals surface area contributed by atoms with Crippen LogP contribution in [0, 0.1) is 17.6 Å². The molecule has 1 atom stereocenters. The van der Waals surface area contributed by atoms with Gasteiger partial charge in [-0.15, -0.1) is 0 Å². The molecular weight excluding hydrogens is 248 g/mol. The van der Waals surface area contributed by atoms with Crippen LogP contribution in [0.1, 0.15) is 6.42 Å². The predicted molar refractivity (Wildman–Crippen MR) is 56.1 cm³/mol. The quantitative estimate of drug-likeness (QED) is 0.831. The van der Waals surface area contributed by atoms with Crippen molar-refractivity contribution in [2.75, 3.05) is 11.4 Å². The molecule has 0 bridgehead atoms. The van der Waals surface area contributed by atoms with Gasteiger partial charge >= 0.3 is 5.97 Å². The number of carbonyl (C=O) groups is 2. The summed E-state index contributed by atoms with van der Waals surface area (Å²) < 4.78 is 26.4. The Kier molecular flexibility index (Phi) is 2.90. The van der Waals surface area contributed by atoms with Gasteiger partial charge in [-0.05, 0) is 0 Å². The molecule has 7 heteroatoms. The SMILES string of the molecule is O=C(O)C1CC(=O)N(c2cc(O)c(F)cc2F)C1. The fraction of sp³-hybridized carbons (Fsp3) is 0.273. The van der Waals surface area contributed by atoms with Gasteiger partial charge in [-0.3, -0.25) is 9.59 Å². The second-order valence-corrected chi connectivity index (χ2v) is 4.00. The fourth-order valence-electron chi connectivity index (χ4n) is 1.84. The number of phenolic OH excluding ortho intramolecular Hbond substituents is 1. The minimum absolute atomic E-state index is 0.198. The monoisotopic (exact) mass is 257 g/mol. The van der Waals surface area contributed by atoms with E-state index >= 15 is 0 Å². The zero-order valence-electron chi connectivity index (χ0n) is 9.06. The lowest BCUT2D eigenvalue weighted by molar-refractivity contribution is -0.141. The van der Waals surface area contributed by atoms with Crippen LogP contribution in [0.4, 0.5) is 14.5 Å².